The van der Waals surface area contributed by atoms with Gasteiger partial charge in [0.05, 0.1) is 0 Å². The molecule has 52 heavy (non-hydrogen) atoms. The first-order valence-electron chi connectivity index (χ1n) is 17.3. The van der Waals surface area contributed by atoms with Crippen molar-refractivity contribution < 1.29 is 24.3 Å². The lowest BCUT2D eigenvalue weighted by Gasteiger charge is -2.25. The first-order chi connectivity index (χ1) is 24.9. The second kappa shape index (κ2) is 18.9. The molecule has 14 nitrogen and oxygen atoms in total. The van der Waals surface area contributed by atoms with E-state index in [2.05, 4.69) is 25.9 Å². The van der Waals surface area contributed by atoms with Gasteiger partial charge in [-0.1, -0.05) is 54.1 Å². The summed E-state index contributed by atoms with van der Waals surface area (Å²) in [5, 5.41) is 19.2. The fourth-order valence-electron chi connectivity index (χ4n) is 5.82. The van der Waals surface area contributed by atoms with E-state index in [0.717, 1.165) is 27.8 Å². The van der Waals surface area contributed by atoms with Crippen molar-refractivity contribution in [1.82, 2.24) is 20.9 Å². The van der Waals surface area contributed by atoms with Crippen LogP contribution in [0.4, 0.5) is 0 Å². The number of carbonyl (C=O) groups excluding carboxylic acids is 4. The first-order valence-corrected chi connectivity index (χ1v) is 17.3. The monoisotopic (exact) mass is 711 g/mol. The van der Waals surface area contributed by atoms with Crippen LogP contribution < -0.4 is 38.9 Å². The Hall–Kier alpha value is -5.89. The maximum absolute atomic E-state index is 14.1. The summed E-state index contributed by atoms with van der Waals surface area (Å²) in [6.45, 7) is 2.67. The zero-order valence-corrected chi connectivity index (χ0v) is 29.4. The van der Waals surface area contributed by atoms with E-state index in [0.29, 0.717) is 43.3 Å². The molecule has 13 N–H and O–H groups in total. The topological polar surface area (TPSA) is 257 Å². The molecule has 0 aliphatic heterocycles. The highest BCUT2D eigenvalue weighted by Gasteiger charge is 2.30. The Morgan fingerprint density at radius 3 is 2.06 bits per heavy atom. The minimum atomic E-state index is -1.14. The number of nitrogens with zero attached hydrogens (tertiary/aromatic N) is 1. The smallest absolute Gasteiger partial charge is 0.243 e. The highest BCUT2D eigenvalue weighted by atomic mass is 16.3. The summed E-state index contributed by atoms with van der Waals surface area (Å²) in [6, 6.07) is 17.3. The van der Waals surface area contributed by atoms with Crippen molar-refractivity contribution in [3.05, 3.63) is 89.6 Å². The molecular formula is C38H49N9O5. The summed E-state index contributed by atoms with van der Waals surface area (Å²) in [6.07, 6.45) is 3.67. The van der Waals surface area contributed by atoms with Gasteiger partial charge in [0, 0.05) is 42.9 Å². The molecule has 1 aromatic heterocycles. The Morgan fingerprint density at radius 2 is 1.42 bits per heavy atom. The van der Waals surface area contributed by atoms with E-state index in [9.17, 15) is 24.3 Å². The van der Waals surface area contributed by atoms with Crippen LogP contribution in [0.25, 0.3) is 22.0 Å². The van der Waals surface area contributed by atoms with E-state index in [-0.39, 0.29) is 43.3 Å². The minimum Gasteiger partial charge on any atom is -0.508 e. The molecule has 0 fully saturated rings. The van der Waals surface area contributed by atoms with Crippen molar-refractivity contribution in [2.75, 3.05) is 13.1 Å². The number of guanidine groups is 1. The number of phenolic OH excluding ortho intramolecular Hbond substituents is 1. The molecule has 0 aliphatic rings. The van der Waals surface area contributed by atoms with E-state index in [1.807, 2.05) is 55.5 Å². The lowest BCUT2D eigenvalue weighted by atomic mass is 9.98. The zero-order valence-electron chi connectivity index (χ0n) is 29.4. The van der Waals surface area contributed by atoms with Crippen LogP contribution in [-0.2, 0) is 32.0 Å². The average Bonchev–Trinajstić information content (AvgIpc) is 3.51. The van der Waals surface area contributed by atoms with Gasteiger partial charge in [-0.2, -0.15) is 0 Å². The number of unbranched alkanes of at least 4 members (excludes halogenated alkanes) is 1. The van der Waals surface area contributed by atoms with Gasteiger partial charge >= 0.3 is 0 Å². The fourth-order valence-corrected chi connectivity index (χ4v) is 5.82. The van der Waals surface area contributed by atoms with Gasteiger partial charge < -0.3 is 49.0 Å². The molecule has 4 aromatic rings. The highest BCUT2D eigenvalue weighted by molar-refractivity contribution is 5.95. The van der Waals surface area contributed by atoms with Crippen LogP contribution in [0.2, 0.25) is 0 Å². The first kappa shape index (κ1) is 38.9. The van der Waals surface area contributed by atoms with E-state index in [4.69, 9.17) is 22.9 Å². The third-order valence-electron chi connectivity index (χ3n) is 8.70. The lowest BCUT2D eigenvalue weighted by Crippen LogP contribution is -2.57. The van der Waals surface area contributed by atoms with Crippen LogP contribution >= 0.6 is 0 Å². The van der Waals surface area contributed by atoms with Crippen LogP contribution in [0.15, 0.2) is 77.9 Å². The number of benzene rings is 3. The number of carbonyl (C=O) groups is 4. The molecule has 14 heteroatoms. The van der Waals surface area contributed by atoms with Crippen molar-refractivity contribution in [2.45, 2.75) is 70.0 Å². The standard InChI is InChI=1S/C38H49N9O5/c1-23-7-11-25(12-8-23)26-13-9-24(10-14-26)19-32(36(51)46-31(35(40)50)5-2-3-18-43-38(41)42)47-37(52)33(45-34(49)6-4-17-39)20-27-22-44-30-16-15-28(48)21-29(27)30/h7-16,21-22,31-33,44,48H,2-6,17-20,39H2,1H3,(H2,40,50)(H,45,49)(H,46,51)(H,47,52)(H4,41,42,43)/t31-,32-,33-/m0/s1. The number of hydrogen-bond donors (Lipinski definition) is 9. The van der Waals surface area contributed by atoms with Crippen LogP contribution in [0.3, 0.4) is 0 Å². The second-order valence-corrected chi connectivity index (χ2v) is 12.9. The van der Waals surface area contributed by atoms with Crippen molar-refractivity contribution in [3.63, 3.8) is 0 Å². The molecule has 3 aromatic carbocycles. The van der Waals surface area contributed by atoms with Crippen LogP contribution in [0, 0.1) is 6.92 Å². The summed E-state index contributed by atoms with van der Waals surface area (Å²) in [7, 11) is 0. The molecule has 4 amide bonds. The third kappa shape index (κ3) is 11.6. The van der Waals surface area contributed by atoms with Gasteiger partial charge in [-0.25, -0.2) is 0 Å². The third-order valence-corrected chi connectivity index (χ3v) is 8.70. The number of aromatic nitrogens is 1. The molecule has 3 atom stereocenters. The Labute approximate surface area is 302 Å². The number of fused-ring (bicyclic) bond motifs is 1. The molecular weight excluding hydrogens is 662 g/mol. The van der Waals surface area contributed by atoms with Crippen molar-refractivity contribution in [2.24, 2.45) is 27.9 Å². The quantitative estimate of drug-likeness (QED) is 0.0392. The predicted molar refractivity (Wildman–Crippen MR) is 202 cm³/mol. The minimum absolute atomic E-state index is 0.0399. The molecule has 0 saturated carbocycles. The van der Waals surface area contributed by atoms with Gasteiger partial charge in [0.25, 0.3) is 0 Å². The number of phenols is 1. The maximum Gasteiger partial charge on any atom is 0.243 e. The van der Waals surface area contributed by atoms with Gasteiger partial charge in [-0.15, -0.1) is 0 Å². The Kier molecular flexibility index (Phi) is 14.2. The summed E-state index contributed by atoms with van der Waals surface area (Å²) < 4.78 is 0. The number of aromatic amines is 1. The maximum atomic E-state index is 14.1. The number of nitrogens with two attached hydrogens (primary N) is 4. The number of hydrogen-bond acceptors (Lipinski definition) is 7. The van der Waals surface area contributed by atoms with Crippen LogP contribution in [0.5, 0.6) is 5.75 Å². The second-order valence-electron chi connectivity index (χ2n) is 12.9. The molecule has 276 valence electrons. The molecule has 0 radical (unpaired) electrons. The molecule has 0 unspecified atom stereocenters. The van der Waals surface area contributed by atoms with Gasteiger partial charge in [-0.3, -0.25) is 24.2 Å². The summed E-state index contributed by atoms with van der Waals surface area (Å²) >= 11 is 0. The van der Waals surface area contributed by atoms with E-state index in [1.165, 1.54) is 0 Å². The van der Waals surface area contributed by atoms with Gasteiger partial charge in [0.2, 0.25) is 23.6 Å². The van der Waals surface area contributed by atoms with E-state index in [1.54, 1.807) is 24.4 Å². The molecule has 4 rings (SSSR count). The summed E-state index contributed by atoms with van der Waals surface area (Å²) in [4.78, 5) is 60.3. The van der Waals surface area contributed by atoms with Gasteiger partial charge in [0.1, 0.15) is 23.9 Å². The predicted octanol–water partition coefficient (Wildman–Crippen LogP) is 1.76. The normalized spacial score (nSPS) is 12.7. The van der Waals surface area contributed by atoms with Crippen LogP contribution in [-0.4, -0.2) is 70.9 Å². The van der Waals surface area contributed by atoms with Crippen molar-refractivity contribution >= 4 is 40.5 Å². The SMILES string of the molecule is Cc1ccc(-c2ccc(C[C@H](NC(=O)[C@H](Cc3c[nH]c4ccc(O)cc34)NC(=O)CCCN)C(=O)N[C@@H](CCCCN=C(N)N)C(N)=O)cc2)cc1. The molecule has 0 aliphatic carbocycles. The number of amides is 4. The van der Waals surface area contributed by atoms with Crippen LogP contribution in [0.1, 0.15) is 48.8 Å². The Bertz CT molecular complexity index is 1850. The highest BCUT2D eigenvalue weighted by Crippen LogP contribution is 2.24. The molecule has 0 bridgehead atoms. The van der Waals surface area contributed by atoms with Gasteiger partial charge in [-0.05, 0) is 79.6 Å². The molecule has 0 spiro atoms. The summed E-state index contributed by atoms with van der Waals surface area (Å²) in [5.41, 5.74) is 27.4. The number of H-pyrrole nitrogens is 1. The van der Waals surface area contributed by atoms with E-state index < -0.39 is 35.8 Å². The Balaban J connectivity index is 1.59. The number of aromatic hydroxyl groups is 1. The average molecular weight is 712 g/mol. The van der Waals surface area contributed by atoms with Gasteiger partial charge in [0.15, 0.2) is 5.96 Å². The molecule has 1 heterocycles. The fraction of sp³-hybridized carbons (Fsp3) is 0.342. The number of aryl methyl sites for hydroxylation is 1. The summed E-state index contributed by atoms with van der Waals surface area (Å²) in [5.74, 6) is -2.33. The van der Waals surface area contributed by atoms with Crippen molar-refractivity contribution in [1.29, 1.82) is 0 Å². The lowest BCUT2D eigenvalue weighted by molar-refractivity contribution is -0.133. The Morgan fingerprint density at radius 1 is 0.788 bits per heavy atom. The largest absolute Gasteiger partial charge is 0.508 e. The zero-order chi connectivity index (χ0) is 37.6. The van der Waals surface area contributed by atoms with E-state index >= 15 is 0 Å². The number of primary amides is 1. The number of aliphatic imine (C=N–C) groups is 1. The number of nitrogens with one attached hydrogen (secondary N) is 4. The molecule has 0 saturated heterocycles. The van der Waals surface area contributed by atoms with Crippen molar-refractivity contribution in [3.8, 4) is 16.9 Å². The number of rotatable bonds is 19.